The van der Waals surface area contributed by atoms with Gasteiger partial charge in [0.15, 0.2) is 11.6 Å². The largest absolute Gasteiger partial charge is 0.353 e. The van der Waals surface area contributed by atoms with Crippen molar-refractivity contribution in [3.8, 4) is 0 Å². The molecule has 2 heterocycles. The van der Waals surface area contributed by atoms with Gasteiger partial charge >= 0.3 is 0 Å². The van der Waals surface area contributed by atoms with Crippen LogP contribution in [-0.4, -0.2) is 23.9 Å². The Kier molecular flexibility index (Phi) is 3.36. The fourth-order valence-corrected chi connectivity index (χ4v) is 2.14. The first-order valence-corrected chi connectivity index (χ1v) is 5.64. The van der Waals surface area contributed by atoms with E-state index in [9.17, 15) is 13.6 Å². The summed E-state index contributed by atoms with van der Waals surface area (Å²) in [5.74, 6) is -1.19. The van der Waals surface area contributed by atoms with Gasteiger partial charge < -0.3 is 4.90 Å². The lowest BCUT2D eigenvalue weighted by Gasteiger charge is -2.32. The number of aromatic nitrogens is 1. The molecule has 3 nitrogen and oxygen atoms in total. The van der Waals surface area contributed by atoms with Crippen LogP contribution in [0.15, 0.2) is 12.3 Å². The van der Waals surface area contributed by atoms with Crippen LogP contribution in [0.5, 0.6) is 0 Å². The van der Waals surface area contributed by atoms with Crippen LogP contribution in [0.3, 0.4) is 0 Å². The molecule has 5 heteroatoms. The van der Waals surface area contributed by atoms with Gasteiger partial charge in [-0.05, 0) is 19.8 Å². The number of rotatable bonds is 2. The zero-order valence-electron chi connectivity index (χ0n) is 9.62. The van der Waals surface area contributed by atoms with Crippen LogP contribution in [0.1, 0.15) is 19.8 Å². The highest BCUT2D eigenvalue weighted by Crippen LogP contribution is 2.24. The molecule has 0 aromatic carbocycles. The molecule has 0 bridgehead atoms. The number of hydrogen-bond donors (Lipinski definition) is 0. The van der Waals surface area contributed by atoms with Gasteiger partial charge in [-0.1, -0.05) is 0 Å². The molecular weight excluding hydrogens is 226 g/mol. The van der Waals surface area contributed by atoms with Gasteiger partial charge in [0.2, 0.25) is 0 Å². The van der Waals surface area contributed by atoms with Gasteiger partial charge in [-0.25, -0.2) is 13.8 Å². The number of carbonyl (C=O) groups is 1. The minimum absolute atomic E-state index is 0.0741. The number of Topliss-reactive ketones (excluding diaryl/α,β-unsaturated/α-hetero) is 1. The summed E-state index contributed by atoms with van der Waals surface area (Å²) in [6.07, 6.45) is 2.65. The van der Waals surface area contributed by atoms with Crippen molar-refractivity contribution < 1.29 is 13.6 Å². The number of anilines is 1. The van der Waals surface area contributed by atoms with E-state index in [2.05, 4.69) is 4.98 Å². The van der Waals surface area contributed by atoms with Crippen LogP contribution in [0.4, 0.5) is 14.6 Å². The van der Waals surface area contributed by atoms with Crippen molar-refractivity contribution in [1.82, 2.24) is 4.98 Å². The van der Waals surface area contributed by atoms with E-state index >= 15 is 0 Å². The van der Waals surface area contributed by atoms with Crippen LogP contribution in [0.2, 0.25) is 0 Å². The van der Waals surface area contributed by atoms with Crippen LogP contribution in [0.25, 0.3) is 0 Å². The van der Waals surface area contributed by atoms with Crippen molar-refractivity contribution >= 4 is 11.6 Å². The molecule has 0 radical (unpaired) electrons. The SMILES string of the molecule is CC(=O)C1CCCN(c2ncc(F)cc2F)C1. The number of nitrogens with zero attached hydrogens (tertiary/aromatic N) is 2. The van der Waals surface area contributed by atoms with E-state index in [1.165, 1.54) is 0 Å². The second kappa shape index (κ2) is 4.77. The topological polar surface area (TPSA) is 33.2 Å². The molecule has 1 aromatic rings. The lowest BCUT2D eigenvalue weighted by Crippen LogP contribution is -2.39. The zero-order chi connectivity index (χ0) is 12.4. The van der Waals surface area contributed by atoms with E-state index in [0.717, 1.165) is 25.1 Å². The highest BCUT2D eigenvalue weighted by atomic mass is 19.1. The summed E-state index contributed by atoms with van der Waals surface area (Å²) in [5.41, 5.74) is 0. The van der Waals surface area contributed by atoms with Gasteiger partial charge in [0.05, 0.1) is 6.20 Å². The molecule has 1 fully saturated rings. The third-order valence-corrected chi connectivity index (χ3v) is 3.08. The summed E-state index contributed by atoms with van der Waals surface area (Å²) in [6, 6.07) is 0.819. The van der Waals surface area contributed by atoms with E-state index < -0.39 is 11.6 Å². The van der Waals surface area contributed by atoms with Crippen LogP contribution >= 0.6 is 0 Å². The van der Waals surface area contributed by atoms with Crippen molar-refractivity contribution in [2.75, 3.05) is 18.0 Å². The highest BCUT2D eigenvalue weighted by molar-refractivity contribution is 5.79. The van der Waals surface area contributed by atoms with E-state index in [1.807, 2.05) is 0 Å². The lowest BCUT2D eigenvalue weighted by atomic mass is 9.94. The smallest absolute Gasteiger partial charge is 0.168 e. The molecule has 0 saturated carbocycles. The average Bonchev–Trinajstić information content (AvgIpc) is 2.29. The minimum atomic E-state index is -0.689. The molecule has 0 spiro atoms. The van der Waals surface area contributed by atoms with Crippen LogP contribution < -0.4 is 4.90 Å². The molecule has 1 atom stereocenters. The van der Waals surface area contributed by atoms with Crippen molar-refractivity contribution in [2.45, 2.75) is 19.8 Å². The van der Waals surface area contributed by atoms with E-state index in [4.69, 9.17) is 0 Å². The monoisotopic (exact) mass is 240 g/mol. The normalized spacial score (nSPS) is 20.4. The first-order chi connectivity index (χ1) is 8.08. The fraction of sp³-hybridized carbons (Fsp3) is 0.500. The summed E-state index contributed by atoms with van der Waals surface area (Å²) in [6.45, 7) is 2.66. The predicted octanol–water partition coefficient (Wildman–Crippen LogP) is 2.17. The molecule has 0 aliphatic carbocycles. The first-order valence-electron chi connectivity index (χ1n) is 5.64. The standard InChI is InChI=1S/C12H14F2N2O/c1-8(17)9-3-2-4-16(7-9)12-11(14)5-10(13)6-15-12/h5-6,9H,2-4,7H2,1H3. The molecule has 1 aromatic heterocycles. The van der Waals surface area contributed by atoms with Crippen LogP contribution in [-0.2, 0) is 4.79 Å². The van der Waals surface area contributed by atoms with Crippen molar-refractivity contribution in [3.05, 3.63) is 23.9 Å². The Morgan fingerprint density at radius 3 is 2.94 bits per heavy atom. The molecule has 92 valence electrons. The maximum atomic E-state index is 13.5. The quantitative estimate of drug-likeness (QED) is 0.794. The lowest BCUT2D eigenvalue weighted by molar-refractivity contribution is -0.120. The maximum Gasteiger partial charge on any atom is 0.168 e. The van der Waals surface area contributed by atoms with Crippen molar-refractivity contribution in [3.63, 3.8) is 0 Å². The minimum Gasteiger partial charge on any atom is -0.353 e. The maximum absolute atomic E-state index is 13.5. The summed E-state index contributed by atoms with van der Waals surface area (Å²) in [5, 5.41) is 0. The Labute approximate surface area is 98.5 Å². The highest BCUT2D eigenvalue weighted by Gasteiger charge is 2.25. The summed E-state index contributed by atoms with van der Waals surface area (Å²) >= 11 is 0. The van der Waals surface area contributed by atoms with Crippen molar-refractivity contribution in [2.24, 2.45) is 5.92 Å². The molecule has 0 N–H and O–H groups in total. The Bertz CT molecular complexity index is 437. The zero-order valence-corrected chi connectivity index (χ0v) is 9.62. The Balaban J connectivity index is 2.19. The molecule has 17 heavy (non-hydrogen) atoms. The fourth-order valence-electron chi connectivity index (χ4n) is 2.14. The molecule has 1 saturated heterocycles. The van der Waals surface area contributed by atoms with Gasteiger partial charge in [-0.15, -0.1) is 0 Å². The van der Waals surface area contributed by atoms with E-state index in [-0.39, 0.29) is 17.5 Å². The average molecular weight is 240 g/mol. The number of halogens is 2. The number of ketones is 1. The van der Waals surface area contributed by atoms with Crippen molar-refractivity contribution in [1.29, 1.82) is 0 Å². The van der Waals surface area contributed by atoms with Crippen LogP contribution in [0, 0.1) is 17.6 Å². The number of carbonyl (C=O) groups excluding carboxylic acids is 1. The molecule has 1 aliphatic rings. The molecule has 2 rings (SSSR count). The first kappa shape index (κ1) is 12.0. The Morgan fingerprint density at radius 2 is 2.29 bits per heavy atom. The van der Waals surface area contributed by atoms with E-state index in [0.29, 0.717) is 13.1 Å². The Hall–Kier alpha value is -1.52. The van der Waals surface area contributed by atoms with Gasteiger partial charge in [0.1, 0.15) is 11.6 Å². The number of hydrogen-bond acceptors (Lipinski definition) is 3. The molecule has 1 unspecified atom stereocenters. The predicted molar refractivity (Wildman–Crippen MR) is 59.8 cm³/mol. The van der Waals surface area contributed by atoms with E-state index in [1.54, 1.807) is 11.8 Å². The third-order valence-electron chi connectivity index (χ3n) is 3.08. The van der Waals surface area contributed by atoms with Gasteiger partial charge in [0, 0.05) is 25.1 Å². The molecule has 0 amide bonds. The summed E-state index contributed by atoms with van der Waals surface area (Å²) in [7, 11) is 0. The second-order valence-electron chi connectivity index (χ2n) is 4.35. The number of piperidine rings is 1. The summed E-state index contributed by atoms with van der Waals surface area (Å²) in [4.78, 5) is 16.8. The van der Waals surface area contributed by atoms with Gasteiger partial charge in [-0.3, -0.25) is 4.79 Å². The molecular formula is C12H14F2N2O. The van der Waals surface area contributed by atoms with Gasteiger partial charge in [-0.2, -0.15) is 0 Å². The third kappa shape index (κ3) is 2.60. The van der Waals surface area contributed by atoms with Gasteiger partial charge in [0.25, 0.3) is 0 Å². The number of pyridine rings is 1. The molecule has 1 aliphatic heterocycles. The summed E-state index contributed by atoms with van der Waals surface area (Å²) < 4.78 is 26.3. The second-order valence-corrected chi connectivity index (χ2v) is 4.35. The Morgan fingerprint density at radius 1 is 1.53 bits per heavy atom.